The Kier molecular flexibility index (Phi) is 6.83. The SMILES string of the molecule is C=CCCC1CCC(CC(=O)c2ccc(OCC)c(F)c2O)CC1. The van der Waals surface area contributed by atoms with Crippen molar-refractivity contribution in [2.75, 3.05) is 6.61 Å². The number of ether oxygens (including phenoxy) is 1. The van der Waals surface area contributed by atoms with E-state index < -0.39 is 11.6 Å². The van der Waals surface area contributed by atoms with Crippen molar-refractivity contribution in [2.24, 2.45) is 11.8 Å². The number of allylic oxidation sites excluding steroid dienone is 1. The lowest BCUT2D eigenvalue weighted by molar-refractivity contribution is 0.0938. The number of rotatable bonds is 8. The van der Waals surface area contributed by atoms with Crippen LogP contribution in [-0.4, -0.2) is 17.5 Å². The minimum atomic E-state index is -0.851. The third-order valence-corrected chi connectivity index (χ3v) is 4.90. The Morgan fingerprint density at radius 3 is 2.62 bits per heavy atom. The second-order valence-electron chi connectivity index (χ2n) is 6.59. The van der Waals surface area contributed by atoms with Crippen LogP contribution in [0.3, 0.4) is 0 Å². The molecule has 4 heteroatoms. The summed E-state index contributed by atoms with van der Waals surface area (Å²) in [6.07, 6.45) is 8.86. The Labute approximate surface area is 143 Å². The topological polar surface area (TPSA) is 46.5 Å². The number of halogens is 1. The van der Waals surface area contributed by atoms with E-state index in [1.807, 2.05) is 6.08 Å². The summed E-state index contributed by atoms with van der Waals surface area (Å²) in [4.78, 5) is 12.4. The summed E-state index contributed by atoms with van der Waals surface area (Å²) in [7, 11) is 0. The van der Waals surface area contributed by atoms with Crippen LogP contribution >= 0.6 is 0 Å². The van der Waals surface area contributed by atoms with E-state index in [0.717, 1.165) is 38.0 Å². The molecule has 0 atom stereocenters. The minimum absolute atomic E-state index is 0.0192. The van der Waals surface area contributed by atoms with Gasteiger partial charge >= 0.3 is 0 Å². The van der Waals surface area contributed by atoms with Crippen molar-refractivity contribution in [3.63, 3.8) is 0 Å². The first-order chi connectivity index (χ1) is 11.6. The number of Topliss-reactive ketones (excluding diaryl/α,β-unsaturated/α-hetero) is 1. The maximum absolute atomic E-state index is 14.0. The molecule has 1 aliphatic rings. The number of phenols is 1. The van der Waals surface area contributed by atoms with Crippen molar-refractivity contribution >= 4 is 5.78 Å². The zero-order chi connectivity index (χ0) is 17.5. The van der Waals surface area contributed by atoms with E-state index in [-0.39, 0.29) is 17.1 Å². The van der Waals surface area contributed by atoms with Crippen LogP contribution in [0.25, 0.3) is 0 Å². The number of carbonyl (C=O) groups excluding carboxylic acids is 1. The van der Waals surface area contributed by atoms with Gasteiger partial charge in [0.25, 0.3) is 0 Å². The molecule has 0 saturated heterocycles. The van der Waals surface area contributed by atoms with Crippen molar-refractivity contribution in [2.45, 2.75) is 51.9 Å². The fourth-order valence-electron chi connectivity index (χ4n) is 3.49. The fourth-order valence-corrected chi connectivity index (χ4v) is 3.49. The van der Waals surface area contributed by atoms with Gasteiger partial charge in [-0.3, -0.25) is 4.79 Å². The molecule has 3 nitrogen and oxygen atoms in total. The Bertz CT molecular complexity index is 574. The van der Waals surface area contributed by atoms with Gasteiger partial charge in [-0.1, -0.05) is 18.9 Å². The van der Waals surface area contributed by atoms with Gasteiger partial charge in [0.05, 0.1) is 12.2 Å². The van der Waals surface area contributed by atoms with Gasteiger partial charge in [0.1, 0.15) is 0 Å². The number of ketones is 1. The zero-order valence-corrected chi connectivity index (χ0v) is 14.4. The van der Waals surface area contributed by atoms with E-state index in [4.69, 9.17) is 4.74 Å². The number of benzene rings is 1. The van der Waals surface area contributed by atoms with Crippen LogP contribution < -0.4 is 4.74 Å². The van der Waals surface area contributed by atoms with Gasteiger partial charge in [-0.15, -0.1) is 6.58 Å². The van der Waals surface area contributed by atoms with Gasteiger partial charge in [0.2, 0.25) is 5.82 Å². The first-order valence-corrected chi connectivity index (χ1v) is 8.85. The highest BCUT2D eigenvalue weighted by molar-refractivity contribution is 5.99. The fraction of sp³-hybridized carbons (Fsp3) is 0.550. The van der Waals surface area contributed by atoms with Crippen LogP contribution in [0.4, 0.5) is 4.39 Å². The van der Waals surface area contributed by atoms with Crippen LogP contribution in [0.15, 0.2) is 24.8 Å². The number of hydrogen-bond acceptors (Lipinski definition) is 3. The normalized spacial score (nSPS) is 20.6. The maximum Gasteiger partial charge on any atom is 0.207 e. The van der Waals surface area contributed by atoms with Gasteiger partial charge in [0.15, 0.2) is 17.3 Å². The highest BCUT2D eigenvalue weighted by atomic mass is 19.1. The largest absolute Gasteiger partial charge is 0.504 e. The lowest BCUT2D eigenvalue weighted by Gasteiger charge is -2.28. The molecule has 0 radical (unpaired) electrons. The molecule has 0 aromatic heterocycles. The number of phenolic OH excluding ortho intramolecular Hbond substituents is 1. The molecule has 1 N–H and O–H groups in total. The summed E-state index contributed by atoms with van der Waals surface area (Å²) < 4.78 is 19.1. The first kappa shape index (κ1) is 18.5. The summed E-state index contributed by atoms with van der Waals surface area (Å²) in [6.45, 7) is 5.80. The van der Waals surface area contributed by atoms with Gasteiger partial charge in [0, 0.05) is 6.42 Å². The monoisotopic (exact) mass is 334 g/mol. The number of carbonyl (C=O) groups is 1. The smallest absolute Gasteiger partial charge is 0.207 e. The number of hydrogen-bond donors (Lipinski definition) is 1. The molecule has 0 spiro atoms. The van der Waals surface area contributed by atoms with Crippen LogP contribution in [0.5, 0.6) is 11.5 Å². The highest BCUT2D eigenvalue weighted by Crippen LogP contribution is 2.36. The predicted molar refractivity (Wildman–Crippen MR) is 93.1 cm³/mol. The quantitative estimate of drug-likeness (QED) is 0.520. The van der Waals surface area contributed by atoms with Crippen molar-refractivity contribution in [1.82, 2.24) is 0 Å². The molecule has 2 rings (SSSR count). The molecule has 0 bridgehead atoms. The van der Waals surface area contributed by atoms with Crippen molar-refractivity contribution < 1.29 is 19.0 Å². The van der Waals surface area contributed by atoms with Crippen molar-refractivity contribution in [1.29, 1.82) is 0 Å². The molecule has 0 heterocycles. The van der Waals surface area contributed by atoms with E-state index >= 15 is 0 Å². The summed E-state index contributed by atoms with van der Waals surface area (Å²) in [5.74, 6) is -0.600. The van der Waals surface area contributed by atoms with E-state index in [1.54, 1.807) is 6.92 Å². The average molecular weight is 334 g/mol. The predicted octanol–water partition coefficient (Wildman–Crippen LogP) is 5.28. The third-order valence-electron chi connectivity index (χ3n) is 4.90. The molecule has 132 valence electrons. The Morgan fingerprint density at radius 1 is 1.33 bits per heavy atom. The van der Waals surface area contributed by atoms with Gasteiger partial charge in [-0.05, 0) is 56.6 Å². The third kappa shape index (κ3) is 4.59. The van der Waals surface area contributed by atoms with Crippen LogP contribution in [0.1, 0.15) is 62.2 Å². The Balaban J connectivity index is 1.94. The standard InChI is InChI=1S/C20H27FO3/c1-3-5-6-14-7-9-15(10-8-14)13-17(22)16-11-12-18(24-4-2)19(21)20(16)23/h3,11-12,14-15,23H,1,4-10,13H2,2H3. The van der Waals surface area contributed by atoms with Crippen molar-refractivity contribution in [3.05, 3.63) is 36.2 Å². The Hall–Kier alpha value is -1.84. The molecule has 1 aromatic carbocycles. The van der Waals surface area contributed by atoms with Crippen molar-refractivity contribution in [3.8, 4) is 11.5 Å². The van der Waals surface area contributed by atoms with Gasteiger partial charge in [-0.2, -0.15) is 4.39 Å². The molecule has 1 saturated carbocycles. The summed E-state index contributed by atoms with van der Waals surface area (Å²) in [5.41, 5.74) is 0.0599. The van der Waals surface area contributed by atoms with Gasteiger partial charge in [-0.25, -0.2) is 0 Å². The van der Waals surface area contributed by atoms with E-state index in [0.29, 0.717) is 18.9 Å². The van der Waals surface area contributed by atoms with Gasteiger partial charge < -0.3 is 9.84 Å². The lowest BCUT2D eigenvalue weighted by atomic mass is 9.77. The molecule has 24 heavy (non-hydrogen) atoms. The first-order valence-electron chi connectivity index (χ1n) is 8.85. The minimum Gasteiger partial charge on any atom is -0.504 e. The van der Waals surface area contributed by atoms with Crippen LogP contribution in [0.2, 0.25) is 0 Å². The molecule has 1 fully saturated rings. The number of aromatic hydroxyl groups is 1. The molecular formula is C20H27FO3. The highest BCUT2D eigenvalue weighted by Gasteiger charge is 2.25. The maximum atomic E-state index is 14.0. The summed E-state index contributed by atoms with van der Waals surface area (Å²) in [6, 6.07) is 2.87. The molecule has 1 aliphatic carbocycles. The Morgan fingerprint density at radius 2 is 2.00 bits per heavy atom. The molecule has 1 aromatic rings. The average Bonchev–Trinajstić information content (AvgIpc) is 2.58. The van der Waals surface area contributed by atoms with E-state index in [2.05, 4.69) is 6.58 Å². The summed E-state index contributed by atoms with van der Waals surface area (Å²) in [5, 5.41) is 9.96. The second kappa shape index (κ2) is 8.86. The van der Waals surface area contributed by atoms with E-state index in [9.17, 15) is 14.3 Å². The second-order valence-corrected chi connectivity index (χ2v) is 6.59. The van der Waals surface area contributed by atoms with Crippen LogP contribution in [-0.2, 0) is 0 Å². The zero-order valence-electron chi connectivity index (χ0n) is 14.4. The summed E-state index contributed by atoms with van der Waals surface area (Å²) >= 11 is 0. The molecule has 0 amide bonds. The molecule has 0 aliphatic heterocycles. The lowest BCUT2D eigenvalue weighted by Crippen LogP contribution is -2.17. The molecular weight excluding hydrogens is 307 g/mol. The van der Waals surface area contributed by atoms with Crippen LogP contribution in [0, 0.1) is 17.7 Å². The van der Waals surface area contributed by atoms with E-state index in [1.165, 1.54) is 18.6 Å². The molecule has 0 unspecified atom stereocenters.